The first-order valence-corrected chi connectivity index (χ1v) is 3.57. The van der Waals surface area contributed by atoms with Crippen LogP contribution in [-0.2, 0) is 0 Å². The summed E-state index contributed by atoms with van der Waals surface area (Å²) in [5, 5.41) is 0. The van der Waals surface area contributed by atoms with Crippen LogP contribution in [0.4, 0.5) is 0 Å². The molecule has 0 radical (unpaired) electrons. The second-order valence-electron chi connectivity index (χ2n) is 3.09. The molecule has 0 saturated heterocycles. The van der Waals surface area contributed by atoms with Crippen LogP contribution in [0.5, 0.6) is 0 Å². The fourth-order valence-corrected chi connectivity index (χ4v) is 1.09. The van der Waals surface area contributed by atoms with Gasteiger partial charge in [-0.2, -0.15) is 0 Å². The number of hydrogen-bond acceptors (Lipinski definition) is 0. The lowest BCUT2D eigenvalue weighted by molar-refractivity contribution is 0.554. The fourth-order valence-electron chi connectivity index (χ4n) is 1.09. The lowest BCUT2D eigenvalue weighted by Gasteiger charge is -2.07. The molecular formula is C9H14. The molecular weight excluding hydrogens is 108 g/mol. The third-order valence-corrected chi connectivity index (χ3v) is 1.81. The molecule has 0 fully saturated rings. The van der Waals surface area contributed by atoms with E-state index in [4.69, 9.17) is 0 Å². The molecule has 9 heavy (non-hydrogen) atoms. The van der Waals surface area contributed by atoms with Gasteiger partial charge in [-0.15, -0.1) is 0 Å². The van der Waals surface area contributed by atoms with Crippen molar-refractivity contribution in [1.29, 1.82) is 0 Å². The van der Waals surface area contributed by atoms with Gasteiger partial charge < -0.3 is 0 Å². The fraction of sp³-hybridized carbons (Fsp3) is 0.556. The van der Waals surface area contributed by atoms with Gasteiger partial charge in [-0.1, -0.05) is 37.6 Å². The molecule has 0 aromatic heterocycles. The number of allylic oxidation sites excluding steroid dienone is 4. The van der Waals surface area contributed by atoms with E-state index in [1.54, 1.807) is 0 Å². The molecule has 0 bridgehead atoms. The van der Waals surface area contributed by atoms with E-state index in [1.165, 1.54) is 5.57 Å². The average Bonchev–Trinajstić information content (AvgIpc) is 2.14. The van der Waals surface area contributed by atoms with E-state index in [1.807, 2.05) is 0 Å². The van der Waals surface area contributed by atoms with Gasteiger partial charge in [0.05, 0.1) is 0 Å². The molecule has 1 rings (SSSR count). The summed E-state index contributed by atoms with van der Waals surface area (Å²) in [5.41, 5.74) is 1.41. The maximum atomic E-state index is 2.32. The van der Waals surface area contributed by atoms with Crippen LogP contribution in [0.1, 0.15) is 20.8 Å². The Hall–Kier alpha value is -0.520. The third-order valence-electron chi connectivity index (χ3n) is 1.81. The minimum atomic E-state index is 0.699. The molecule has 0 spiro atoms. The Bertz CT molecular complexity index is 149. The smallest absolute Gasteiger partial charge is 0.00215 e. The zero-order valence-electron chi connectivity index (χ0n) is 6.39. The maximum Gasteiger partial charge on any atom is -0.00215 e. The molecule has 0 aliphatic heterocycles. The third kappa shape index (κ3) is 1.44. The van der Waals surface area contributed by atoms with Gasteiger partial charge in [-0.05, 0) is 18.8 Å². The summed E-state index contributed by atoms with van der Waals surface area (Å²) in [6.07, 6.45) is 6.80. The zero-order valence-corrected chi connectivity index (χ0v) is 6.39. The summed E-state index contributed by atoms with van der Waals surface area (Å²) >= 11 is 0. The van der Waals surface area contributed by atoms with Gasteiger partial charge in [0, 0.05) is 0 Å². The first-order valence-electron chi connectivity index (χ1n) is 3.57. The van der Waals surface area contributed by atoms with E-state index >= 15 is 0 Å². The summed E-state index contributed by atoms with van der Waals surface area (Å²) < 4.78 is 0. The van der Waals surface area contributed by atoms with Crippen LogP contribution >= 0.6 is 0 Å². The molecule has 0 saturated carbocycles. The van der Waals surface area contributed by atoms with E-state index in [2.05, 4.69) is 39.0 Å². The molecule has 0 heterocycles. The van der Waals surface area contributed by atoms with E-state index in [9.17, 15) is 0 Å². The van der Waals surface area contributed by atoms with E-state index in [-0.39, 0.29) is 0 Å². The highest BCUT2D eigenvalue weighted by Crippen LogP contribution is 2.22. The molecule has 1 aliphatic carbocycles. The van der Waals surface area contributed by atoms with Gasteiger partial charge in [0.2, 0.25) is 0 Å². The second kappa shape index (κ2) is 2.38. The number of hydrogen-bond donors (Lipinski definition) is 0. The minimum Gasteiger partial charge on any atom is -0.0771 e. The van der Waals surface area contributed by atoms with Gasteiger partial charge >= 0.3 is 0 Å². The molecule has 50 valence electrons. The first-order chi connectivity index (χ1) is 4.20. The Balaban J connectivity index is 2.59. The molecule has 0 heteroatoms. The molecule has 1 unspecified atom stereocenters. The Morgan fingerprint density at radius 2 is 2.11 bits per heavy atom. The largest absolute Gasteiger partial charge is 0.0771 e. The lowest BCUT2D eigenvalue weighted by Crippen LogP contribution is -1.98. The first kappa shape index (κ1) is 6.60. The van der Waals surface area contributed by atoms with Gasteiger partial charge in [-0.3, -0.25) is 0 Å². The zero-order chi connectivity index (χ0) is 6.85. The average molecular weight is 122 g/mol. The van der Waals surface area contributed by atoms with Crippen LogP contribution in [-0.4, -0.2) is 0 Å². The van der Waals surface area contributed by atoms with Crippen LogP contribution in [0.3, 0.4) is 0 Å². The summed E-state index contributed by atoms with van der Waals surface area (Å²) in [7, 11) is 0. The number of rotatable bonds is 1. The van der Waals surface area contributed by atoms with Crippen LogP contribution in [0.15, 0.2) is 23.8 Å². The van der Waals surface area contributed by atoms with Crippen molar-refractivity contribution in [3.05, 3.63) is 23.8 Å². The van der Waals surface area contributed by atoms with Gasteiger partial charge in [0.1, 0.15) is 0 Å². The Morgan fingerprint density at radius 1 is 1.44 bits per heavy atom. The monoisotopic (exact) mass is 122 g/mol. The Labute approximate surface area is 57.3 Å². The van der Waals surface area contributed by atoms with Crippen LogP contribution in [0, 0.1) is 11.8 Å². The van der Waals surface area contributed by atoms with Crippen LogP contribution in [0.2, 0.25) is 0 Å². The highest BCUT2D eigenvalue weighted by Gasteiger charge is 2.09. The van der Waals surface area contributed by atoms with Crippen LogP contribution in [0.25, 0.3) is 0 Å². The lowest BCUT2D eigenvalue weighted by atomic mass is 9.98. The summed E-state index contributed by atoms with van der Waals surface area (Å²) in [4.78, 5) is 0. The van der Waals surface area contributed by atoms with Crippen molar-refractivity contribution in [2.75, 3.05) is 0 Å². The predicted octanol–water partition coefficient (Wildman–Crippen LogP) is 2.77. The molecule has 0 amide bonds. The van der Waals surface area contributed by atoms with Crippen molar-refractivity contribution in [2.45, 2.75) is 20.8 Å². The van der Waals surface area contributed by atoms with Crippen molar-refractivity contribution in [1.82, 2.24) is 0 Å². The Morgan fingerprint density at radius 3 is 2.33 bits per heavy atom. The minimum absolute atomic E-state index is 0.699. The van der Waals surface area contributed by atoms with Crippen LogP contribution < -0.4 is 0 Å². The molecule has 1 atom stereocenters. The van der Waals surface area contributed by atoms with E-state index in [0.29, 0.717) is 5.92 Å². The highest BCUT2D eigenvalue weighted by atomic mass is 14.1. The maximum absolute atomic E-state index is 2.32. The predicted molar refractivity (Wildman–Crippen MR) is 41.2 cm³/mol. The summed E-state index contributed by atoms with van der Waals surface area (Å²) in [6.45, 7) is 6.66. The van der Waals surface area contributed by atoms with Gasteiger partial charge in [0.15, 0.2) is 0 Å². The van der Waals surface area contributed by atoms with Crippen molar-refractivity contribution in [3.8, 4) is 0 Å². The quantitative estimate of drug-likeness (QED) is 0.501. The van der Waals surface area contributed by atoms with Gasteiger partial charge in [-0.25, -0.2) is 0 Å². The van der Waals surface area contributed by atoms with Crippen molar-refractivity contribution < 1.29 is 0 Å². The Kier molecular flexibility index (Phi) is 1.75. The summed E-state index contributed by atoms with van der Waals surface area (Å²) in [6, 6.07) is 0. The SMILES string of the molecule is CC1=CC(C(C)C)C=C1. The van der Waals surface area contributed by atoms with Crippen molar-refractivity contribution in [2.24, 2.45) is 11.8 Å². The summed E-state index contributed by atoms with van der Waals surface area (Å²) in [5.74, 6) is 1.46. The second-order valence-corrected chi connectivity index (χ2v) is 3.09. The van der Waals surface area contributed by atoms with Crippen molar-refractivity contribution >= 4 is 0 Å². The molecule has 0 aromatic carbocycles. The molecule has 1 aliphatic rings. The molecule has 0 aromatic rings. The topological polar surface area (TPSA) is 0 Å². The highest BCUT2D eigenvalue weighted by molar-refractivity contribution is 5.27. The van der Waals surface area contributed by atoms with Gasteiger partial charge in [0.25, 0.3) is 0 Å². The van der Waals surface area contributed by atoms with E-state index < -0.39 is 0 Å². The normalized spacial score (nSPS) is 25.3. The van der Waals surface area contributed by atoms with E-state index in [0.717, 1.165) is 5.92 Å². The molecule has 0 nitrogen and oxygen atoms in total. The standard InChI is InChI=1S/C9H14/c1-7(2)9-5-4-8(3)6-9/h4-7,9H,1-3H3. The van der Waals surface area contributed by atoms with Crippen molar-refractivity contribution in [3.63, 3.8) is 0 Å². The molecule has 0 N–H and O–H groups in total.